The summed E-state index contributed by atoms with van der Waals surface area (Å²) in [6.07, 6.45) is 7.14. The van der Waals surface area contributed by atoms with Crippen LogP contribution in [-0.2, 0) is 6.54 Å². The van der Waals surface area contributed by atoms with Crippen LogP contribution in [-0.4, -0.2) is 77.5 Å². The second-order valence-corrected chi connectivity index (χ2v) is 9.53. The Bertz CT molecular complexity index is 1450. The maximum atomic E-state index is 9.85. The normalized spacial score (nSPS) is 15.4. The lowest BCUT2D eigenvalue weighted by atomic mass is 9.96. The van der Waals surface area contributed by atoms with Gasteiger partial charge in [-0.25, -0.2) is 15.0 Å². The molecule has 0 atom stereocenters. The molecule has 1 N–H and O–H groups in total. The molecule has 0 saturated carbocycles. The lowest BCUT2D eigenvalue weighted by Crippen LogP contribution is -2.49. The highest BCUT2D eigenvalue weighted by atomic mass is 16.4. The number of imidazole rings is 1. The van der Waals surface area contributed by atoms with E-state index in [-0.39, 0.29) is 6.04 Å². The fourth-order valence-corrected chi connectivity index (χ4v) is 5.28. The number of hydrogen-bond donors (Lipinski definition) is 1. The zero-order chi connectivity index (χ0) is 25.7. The summed E-state index contributed by atoms with van der Waals surface area (Å²) in [5.41, 5.74) is 4.70. The molecule has 1 aliphatic heterocycles. The van der Waals surface area contributed by atoms with Gasteiger partial charge in [-0.1, -0.05) is 65.8 Å². The van der Waals surface area contributed by atoms with E-state index in [1.807, 2.05) is 33.7 Å². The van der Waals surface area contributed by atoms with Crippen molar-refractivity contribution in [1.82, 2.24) is 33.9 Å². The van der Waals surface area contributed by atoms with Crippen molar-refractivity contribution >= 4 is 16.9 Å². The standard InChI is InChI=1S/C29H30N8O/c38-33-25(20-37-22-32-26-28(30-21-31-29(26)37)36-13-7-8-14-36)19-34-15-17-35(18-16-34)27(23-9-3-1-4-10-23)24-11-5-2-6-12-24/h1-14,21-22,27,38H,15-20H2/b33-25-. The van der Waals surface area contributed by atoms with Crippen LogP contribution in [0.5, 0.6) is 0 Å². The summed E-state index contributed by atoms with van der Waals surface area (Å²) >= 11 is 0. The summed E-state index contributed by atoms with van der Waals surface area (Å²) in [5.74, 6) is 0.726. The number of fused-ring (bicyclic) bond motifs is 1. The first kappa shape index (κ1) is 24.0. The molecule has 0 unspecified atom stereocenters. The van der Waals surface area contributed by atoms with Crippen LogP contribution < -0.4 is 0 Å². The summed E-state index contributed by atoms with van der Waals surface area (Å²) in [7, 11) is 0. The third-order valence-corrected chi connectivity index (χ3v) is 7.13. The van der Waals surface area contributed by atoms with Gasteiger partial charge in [-0.2, -0.15) is 0 Å². The van der Waals surface area contributed by atoms with Gasteiger partial charge in [-0.3, -0.25) is 9.80 Å². The van der Waals surface area contributed by atoms with Crippen LogP contribution in [0, 0.1) is 0 Å². The predicted octanol–water partition coefficient (Wildman–Crippen LogP) is 3.85. The van der Waals surface area contributed by atoms with Gasteiger partial charge in [0.15, 0.2) is 17.0 Å². The van der Waals surface area contributed by atoms with E-state index in [0.29, 0.717) is 30.0 Å². The van der Waals surface area contributed by atoms with Gasteiger partial charge in [0.05, 0.1) is 24.6 Å². The van der Waals surface area contributed by atoms with Crippen molar-refractivity contribution < 1.29 is 5.21 Å². The molecule has 0 amide bonds. The van der Waals surface area contributed by atoms with E-state index in [1.165, 1.54) is 11.1 Å². The molecule has 192 valence electrons. The number of hydrogen-bond acceptors (Lipinski definition) is 7. The zero-order valence-corrected chi connectivity index (χ0v) is 21.1. The molecular formula is C29H30N8O. The topological polar surface area (TPSA) is 87.6 Å². The average molecular weight is 507 g/mol. The minimum atomic E-state index is 0.219. The molecular weight excluding hydrogens is 476 g/mol. The van der Waals surface area contributed by atoms with Crippen LogP contribution in [0.4, 0.5) is 0 Å². The summed E-state index contributed by atoms with van der Waals surface area (Å²) in [6, 6.07) is 25.5. The molecule has 9 heteroatoms. The summed E-state index contributed by atoms with van der Waals surface area (Å²) < 4.78 is 3.83. The van der Waals surface area contributed by atoms with Gasteiger partial charge in [0.25, 0.3) is 0 Å². The molecule has 9 nitrogen and oxygen atoms in total. The lowest BCUT2D eigenvalue weighted by molar-refractivity contribution is 0.119. The maximum absolute atomic E-state index is 9.85. The van der Waals surface area contributed by atoms with Crippen LogP contribution in [0.2, 0.25) is 0 Å². The highest BCUT2D eigenvalue weighted by Gasteiger charge is 2.27. The summed E-state index contributed by atoms with van der Waals surface area (Å²) in [4.78, 5) is 18.3. The summed E-state index contributed by atoms with van der Waals surface area (Å²) in [5, 5.41) is 13.5. The van der Waals surface area contributed by atoms with Crippen molar-refractivity contribution in [1.29, 1.82) is 0 Å². The van der Waals surface area contributed by atoms with E-state index in [1.54, 1.807) is 12.7 Å². The number of nitrogens with zero attached hydrogens (tertiary/aromatic N) is 8. The Morgan fingerprint density at radius 1 is 0.789 bits per heavy atom. The Morgan fingerprint density at radius 2 is 1.45 bits per heavy atom. The molecule has 0 aliphatic carbocycles. The highest BCUT2D eigenvalue weighted by Crippen LogP contribution is 2.29. The number of benzene rings is 2. The van der Waals surface area contributed by atoms with E-state index >= 15 is 0 Å². The van der Waals surface area contributed by atoms with E-state index in [4.69, 9.17) is 0 Å². The number of oxime groups is 1. The predicted molar refractivity (Wildman–Crippen MR) is 147 cm³/mol. The van der Waals surface area contributed by atoms with Crippen molar-refractivity contribution in [3.8, 4) is 5.82 Å². The SMILES string of the molecule is O/N=C(/CN1CCN(C(c2ccccc2)c2ccccc2)CC1)Cn1cnc2c(-n3cccc3)ncnc21. The quantitative estimate of drug-likeness (QED) is 0.195. The fourth-order valence-electron chi connectivity index (χ4n) is 5.28. The minimum Gasteiger partial charge on any atom is -0.411 e. The average Bonchev–Trinajstić information content (AvgIpc) is 3.66. The Kier molecular flexibility index (Phi) is 6.93. The molecule has 3 aromatic heterocycles. The van der Waals surface area contributed by atoms with Crippen LogP contribution >= 0.6 is 0 Å². The number of piperazine rings is 1. The van der Waals surface area contributed by atoms with Crippen molar-refractivity contribution in [2.45, 2.75) is 12.6 Å². The first-order valence-corrected chi connectivity index (χ1v) is 12.9. The van der Waals surface area contributed by atoms with Crippen molar-refractivity contribution in [3.63, 3.8) is 0 Å². The monoisotopic (exact) mass is 506 g/mol. The Balaban J connectivity index is 1.13. The largest absolute Gasteiger partial charge is 0.411 e. The molecule has 1 aliphatic rings. The maximum Gasteiger partial charge on any atom is 0.168 e. The minimum absolute atomic E-state index is 0.219. The van der Waals surface area contributed by atoms with Crippen molar-refractivity contribution in [3.05, 3.63) is 109 Å². The summed E-state index contributed by atoms with van der Waals surface area (Å²) in [6.45, 7) is 4.62. The molecule has 0 spiro atoms. The fraction of sp³-hybridized carbons (Fsp3) is 0.241. The van der Waals surface area contributed by atoms with E-state index in [9.17, 15) is 5.21 Å². The van der Waals surface area contributed by atoms with Crippen molar-refractivity contribution in [2.75, 3.05) is 32.7 Å². The smallest absolute Gasteiger partial charge is 0.168 e. The van der Waals surface area contributed by atoms with Crippen LogP contribution in [0.25, 0.3) is 17.0 Å². The Hall–Kier alpha value is -4.34. The molecule has 6 rings (SSSR count). The second kappa shape index (κ2) is 11.0. The molecule has 0 bridgehead atoms. The Labute approximate surface area is 221 Å². The van der Waals surface area contributed by atoms with E-state index in [0.717, 1.165) is 32.0 Å². The third kappa shape index (κ3) is 4.93. The van der Waals surface area contributed by atoms with Gasteiger partial charge in [-0.15, -0.1) is 0 Å². The molecule has 0 radical (unpaired) electrons. The molecule has 1 saturated heterocycles. The van der Waals surface area contributed by atoms with Gasteiger partial charge >= 0.3 is 0 Å². The second-order valence-electron chi connectivity index (χ2n) is 9.53. The Morgan fingerprint density at radius 3 is 2.08 bits per heavy atom. The van der Waals surface area contributed by atoms with Gasteiger partial charge in [0, 0.05) is 45.1 Å². The molecule has 1 fully saturated rings. The molecule has 38 heavy (non-hydrogen) atoms. The van der Waals surface area contributed by atoms with Crippen molar-refractivity contribution in [2.24, 2.45) is 5.16 Å². The van der Waals surface area contributed by atoms with Gasteiger partial charge in [0.2, 0.25) is 0 Å². The van der Waals surface area contributed by atoms with Gasteiger partial charge < -0.3 is 14.3 Å². The molecule has 4 heterocycles. The van der Waals surface area contributed by atoms with E-state index in [2.05, 4.69) is 90.6 Å². The van der Waals surface area contributed by atoms with Crippen LogP contribution in [0.15, 0.2) is 103 Å². The number of aromatic nitrogens is 5. The molecule has 5 aromatic rings. The first-order chi connectivity index (χ1) is 18.8. The zero-order valence-electron chi connectivity index (χ0n) is 21.1. The number of rotatable bonds is 8. The van der Waals surface area contributed by atoms with Gasteiger partial charge in [-0.05, 0) is 23.3 Å². The third-order valence-electron chi connectivity index (χ3n) is 7.13. The first-order valence-electron chi connectivity index (χ1n) is 12.9. The molecule has 2 aromatic carbocycles. The van der Waals surface area contributed by atoms with Crippen LogP contribution in [0.1, 0.15) is 17.2 Å². The van der Waals surface area contributed by atoms with Gasteiger partial charge in [0.1, 0.15) is 6.33 Å². The van der Waals surface area contributed by atoms with Crippen LogP contribution in [0.3, 0.4) is 0 Å². The van der Waals surface area contributed by atoms with E-state index < -0.39 is 0 Å². The highest BCUT2D eigenvalue weighted by molar-refractivity contribution is 5.87. The lowest BCUT2D eigenvalue weighted by Gasteiger charge is -2.39.